The van der Waals surface area contributed by atoms with Gasteiger partial charge in [0.05, 0.1) is 5.69 Å². The van der Waals surface area contributed by atoms with Gasteiger partial charge in [-0.2, -0.15) is 0 Å². The molecule has 7 heteroatoms. The SMILES string of the molecule is CC(N)CC(=O)Nc1cccc(OCc2ccccn2)c1.Cl.Cl. The van der Waals surface area contributed by atoms with Crippen LogP contribution in [0.5, 0.6) is 5.75 Å². The summed E-state index contributed by atoms with van der Waals surface area (Å²) in [6.45, 7) is 2.18. The summed E-state index contributed by atoms with van der Waals surface area (Å²) in [7, 11) is 0. The van der Waals surface area contributed by atoms with E-state index in [1.165, 1.54) is 0 Å². The van der Waals surface area contributed by atoms with Gasteiger partial charge in [-0.25, -0.2) is 0 Å². The summed E-state index contributed by atoms with van der Waals surface area (Å²) in [5.41, 5.74) is 7.14. The summed E-state index contributed by atoms with van der Waals surface area (Å²) in [5, 5.41) is 2.80. The van der Waals surface area contributed by atoms with Crippen LogP contribution in [0, 0.1) is 0 Å². The molecule has 0 bridgehead atoms. The third kappa shape index (κ3) is 7.83. The quantitative estimate of drug-likeness (QED) is 0.832. The smallest absolute Gasteiger partial charge is 0.225 e. The summed E-state index contributed by atoms with van der Waals surface area (Å²) in [4.78, 5) is 15.9. The molecule has 2 aromatic rings. The van der Waals surface area contributed by atoms with E-state index in [2.05, 4.69) is 10.3 Å². The van der Waals surface area contributed by atoms with E-state index in [9.17, 15) is 4.79 Å². The van der Waals surface area contributed by atoms with Gasteiger partial charge in [-0.15, -0.1) is 24.8 Å². The summed E-state index contributed by atoms with van der Waals surface area (Å²) in [5.74, 6) is 0.575. The zero-order chi connectivity index (χ0) is 15.1. The van der Waals surface area contributed by atoms with Gasteiger partial charge in [0.25, 0.3) is 0 Å². The maximum absolute atomic E-state index is 11.7. The normalized spacial score (nSPS) is 10.7. The first-order valence-corrected chi connectivity index (χ1v) is 6.81. The molecule has 1 aromatic carbocycles. The first kappa shape index (κ1) is 21.2. The van der Waals surface area contributed by atoms with Gasteiger partial charge in [0.1, 0.15) is 12.4 Å². The molecular weight excluding hydrogens is 337 g/mol. The Hall–Kier alpha value is -1.82. The molecule has 126 valence electrons. The summed E-state index contributed by atoms with van der Waals surface area (Å²) >= 11 is 0. The van der Waals surface area contributed by atoms with E-state index >= 15 is 0 Å². The average molecular weight is 358 g/mol. The topological polar surface area (TPSA) is 77.2 Å². The van der Waals surface area contributed by atoms with Gasteiger partial charge in [-0.1, -0.05) is 12.1 Å². The Morgan fingerprint density at radius 3 is 2.70 bits per heavy atom. The van der Waals surface area contributed by atoms with Gasteiger partial charge in [0.2, 0.25) is 5.91 Å². The van der Waals surface area contributed by atoms with Gasteiger partial charge >= 0.3 is 0 Å². The van der Waals surface area contributed by atoms with Crippen molar-refractivity contribution in [3.63, 3.8) is 0 Å². The maximum atomic E-state index is 11.7. The van der Waals surface area contributed by atoms with E-state index < -0.39 is 0 Å². The van der Waals surface area contributed by atoms with Crippen molar-refractivity contribution in [2.75, 3.05) is 5.32 Å². The van der Waals surface area contributed by atoms with E-state index in [1.807, 2.05) is 36.4 Å². The average Bonchev–Trinajstić information content (AvgIpc) is 2.46. The van der Waals surface area contributed by atoms with Crippen molar-refractivity contribution in [3.8, 4) is 5.75 Å². The molecule has 1 heterocycles. The fourth-order valence-corrected chi connectivity index (χ4v) is 1.81. The number of pyridine rings is 1. The molecule has 0 radical (unpaired) electrons. The number of hydrogen-bond donors (Lipinski definition) is 2. The summed E-state index contributed by atoms with van der Waals surface area (Å²) in [6, 6.07) is 12.8. The number of benzene rings is 1. The zero-order valence-corrected chi connectivity index (χ0v) is 14.4. The molecule has 1 atom stereocenters. The van der Waals surface area contributed by atoms with Gasteiger partial charge < -0.3 is 15.8 Å². The van der Waals surface area contributed by atoms with Crippen LogP contribution in [-0.2, 0) is 11.4 Å². The highest BCUT2D eigenvalue weighted by atomic mass is 35.5. The van der Waals surface area contributed by atoms with Crippen molar-refractivity contribution in [3.05, 3.63) is 54.4 Å². The molecule has 0 aliphatic heterocycles. The highest BCUT2D eigenvalue weighted by Crippen LogP contribution is 2.18. The molecule has 0 saturated heterocycles. The summed E-state index contributed by atoms with van der Waals surface area (Å²) < 4.78 is 5.66. The molecule has 0 fully saturated rings. The van der Waals surface area contributed by atoms with Crippen LogP contribution >= 0.6 is 24.8 Å². The Labute approximate surface area is 148 Å². The van der Waals surface area contributed by atoms with Crippen molar-refractivity contribution in [2.45, 2.75) is 26.0 Å². The van der Waals surface area contributed by atoms with E-state index in [1.54, 1.807) is 19.2 Å². The van der Waals surface area contributed by atoms with E-state index in [-0.39, 0.29) is 36.8 Å². The zero-order valence-electron chi connectivity index (χ0n) is 12.8. The number of carbonyl (C=O) groups is 1. The lowest BCUT2D eigenvalue weighted by atomic mass is 10.2. The second kappa shape index (κ2) is 10.8. The Kier molecular flexibility index (Phi) is 9.97. The minimum Gasteiger partial charge on any atom is -0.487 e. The molecule has 23 heavy (non-hydrogen) atoms. The molecule has 5 nitrogen and oxygen atoms in total. The number of nitrogens with zero attached hydrogens (tertiary/aromatic N) is 1. The van der Waals surface area contributed by atoms with Crippen molar-refractivity contribution in [1.29, 1.82) is 0 Å². The van der Waals surface area contributed by atoms with Crippen LogP contribution in [0.2, 0.25) is 0 Å². The number of aromatic nitrogens is 1. The minimum atomic E-state index is -0.159. The van der Waals surface area contributed by atoms with E-state index in [0.29, 0.717) is 24.5 Å². The molecular formula is C16H21Cl2N3O2. The molecule has 2 rings (SSSR count). The second-order valence-corrected chi connectivity index (χ2v) is 4.87. The fourth-order valence-electron chi connectivity index (χ4n) is 1.81. The molecule has 0 aliphatic carbocycles. The number of nitrogens with one attached hydrogen (secondary N) is 1. The highest BCUT2D eigenvalue weighted by Gasteiger charge is 2.06. The third-order valence-corrected chi connectivity index (χ3v) is 2.74. The van der Waals surface area contributed by atoms with Gasteiger partial charge in [-0.3, -0.25) is 9.78 Å². The molecule has 0 spiro atoms. The lowest BCUT2D eigenvalue weighted by molar-refractivity contribution is -0.116. The van der Waals surface area contributed by atoms with Crippen LogP contribution in [0.4, 0.5) is 5.69 Å². The van der Waals surface area contributed by atoms with Crippen LogP contribution in [0.1, 0.15) is 19.0 Å². The second-order valence-electron chi connectivity index (χ2n) is 4.87. The van der Waals surface area contributed by atoms with Crippen LogP contribution in [0.25, 0.3) is 0 Å². The van der Waals surface area contributed by atoms with Gasteiger partial charge in [0, 0.05) is 30.4 Å². The molecule has 3 N–H and O–H groups in total. The van der Waals surface area contributed by atoms with Crippen molar-refractivity contribution >= 4 is 36.4 Å². The summed E-state index contributed by atoms with van der Waals surface area (Å²) in [6.07, 6.45) is 2.02. The van der Waals surface area contributed by atoms with Crippen LogP contribution in [0.3, 0.4) is 0 Å². The minimum absolute atomic E-state index is 0. The number of amides is 1. The van der Waals surface area contributed by atoms with E-state index in [4.69, 9.17) is 10.5 Å². The van der Waals surface area contributed by atoms with Crippen LogP contribution < -0.4 is 15.8 Å². The first-order chi connectivity index (χ1) is 10.1. The standard InChI is InChI=1S/C16H19N3O2.2ClH/c1-12(17)9-16(20)19-13-6-4-7-15(10-13)21-11-14-5-2-3-8-18-14;;/h2-8,10,12H,9,11,17H2,1H3,(H,19,20);2*1H. The van der Waals surface area contributed by atoms with Gasteiger partial charge in [-0.05, 0) is 31.2 Å². The van der Waals surface area contributed by atoms with Crippen molar-refractivity contribution in [1.82, 2.24) is 4.98 Å². The molecule has 1 amide bonds. The Bertz CT molecular complexity index is 595. The molecule has 0 saturated carbocycles. The third-order valence-electron chi connectivity index (χ3n) is 2.74. The number of rotatable bonds is 6. The Balaban J connectivity index is 0.00000242. The number of halogens is 2. The van der Waals surface area contributed by atoms with Crippen molar-refractivity contribution in [2.24, 2.45) is 5.73 Å². The Morgan fingerprint density at radius 1 is 1.26 bits per heavy atom. The predicted octanol–water partition coefficient (Wildman–Crippen LogP) is 3.18. The number of nitrogens with two attached hydrogens (primary N) is 1. The molecule has 1 unspecified atom stereocenters. The number of hydrogen-bond acceptors (Lipinski definition) is 4. The first-order valence-electron chi connectivity index (χ1n) is 6.81. The lowest BCUT2D eigenvalue weighted by Gasteiger charge is -2.10. The number of anilines is 1. The van der Waals surface area contributed by atoms with Gasteiger partial charge in [0.15, 0.2) is 0 Å². The largest absolute Gasteiger partial charge is 0.487 e. The predicted molar refractivity (Wildman–Crippen MR) is 96.4 cm³/mol. The number of carbonyl (C=O) groups excluding carboxylic acids is 1. The van der Waals surface area contributed by atoms with Crippen LogP contribution in [0.15, 0.2) is 48.7 Å². The monoisotopic (exact) mass is 357 g/mol. The fraction of sp³-hybridized carbons (Fsp3) is 0.250. The van der Waals surface area contributed by atoms with Crippen molar-refractivity contribution < 1.29 is 9.53 Å². The molecule has 0 aliphatic rings. The number of ether oxygens (including phenoxy) is 1. The molecule has 1 aromatic heterocycles. The highest BCUT2D eigenvalue weighted by molar-refractivity contribution is 5.91. The van der Waals surface area contributed by atoms with E-state index in [0.717, 1.165) is 5.69 Å². The lowest BCUT2D eigenvalue weighted by Crippen LogP contribution is -2.23. The maximum Gasteiger partial charge on any atom is 0.225 e. The Morgan fingerprint density at radius 2 is 2.04 bits per heavy atom. The van der Waals surface area contributed by atoms with Crippen LogP contribution in [-0.4, -0.2) is 16.9 Å².